The van der Waals surface area contributed by atoms with Crippen LogP contribution in [-0.2, 0) is 11.3 Å². The molecule has 0 saturated carbocycles. The van der Waals surface area contributed by atoms with Crippen LogP contribution in [0.25, 0.3) is 0 Å². The van der Waals surface area contributed by atoms with Gasteiger partial charge in [-0.1, -0.05) is 11.6 Å². The predicted octanol–water partition coefficient (Wildman–Crippen LogP) is 3.21. The largest absolute Gasteiger partial charge is 0.467 e. The number of carbonyl (C=O) groups excluding carboxylic acids is 2. The quantitative estimate of drug-likeness (QED) is 0.811. The van der Waals surface area contributed by atoms with E-state index in [-0.39, 0.29) is 12.5 Å². The van der Waals surface area contributed by atoms with Crippen molar-refractivity contribution in [1.29, 1.82) is 0 Å². The number of amides is 3. The lowest BCUT2D eigenvalue weighted by atomic mass is 10.2. The number of hydrogen-bond acceptors (Lipinski definition) is 3. The van der Waals surface area contributed by atoms with Gasteiger partial charge in [-0.25, -0.2) is 4.79 Å². The number of benzene rings is 1. The Labute approximate surface area is 126 Å². The van der Waals surface area contributed by atoms with Gasteiger partial charge in [0.05, 0.1) is 23.5 Å². The zero-order chi connectivity index (χ0) is 15.2. The van der Waals surface area contributed by atoms with E-state index in [4.69, 9.17) is 16.0 Å². The third-order valence-corrected chi connectivity index (χ3v) is 2.87. The molecule has 21 heavy (non-hydrogen) atoms. The molecule has 1 heterocycles. The maximum Gasteiger partial charge on any atom is 0.319 e. The predicted molar refractivity (Wildman–Crippen MR) is 80.3 cm³/mol. The normalized spacial score (nSPS) is 10.0. The van der Waals surface area contributed by atoms with E-state index in [1.165, 1.54) is 13.2 Å². The molecule has 0 saturated heterocycles. The monoisotopic (exact) mass is 307 g/mol. The van der Waals surface area contributed by atoms with Crippen LogP contribution in [0.4, 0.5) is 16.2 Å². The van der Waals surface area contributed by atoms with Gasteiger partial charge in [0.2, 0.25) is 5.91 Å². The zero-order valence-corrected chi connectivity index (χ0v) is 12.0. The van der Waals surface area contributed by atoms with Crippen molar-refractivity contribution in [3.05, 3.63) is 47.4 Å². The van der Waals surface area contributed by atoms with E-state index < -0.39 is 6.03 Å². The van der Waals surface area contributed by atoms with Gasteiger partial charge >= 0.3 is 6.03 Å². The number of hydrogen-bond donors (Lipinski definition) is 3. The number of anilines is 2. The molecule has 3 N–H and O–H groups in total. The summed E-state index contributed by atoms with van der Waals surface area (Å²) in [5, 5.41) is 8.23. The molecule has 0 fully saturated rings. The third-order valence-electron chi connectivity index (χ3n) is 2.54. The molecule has 0 aliphatic rings. The SMILES string of the molecule is CC(=O)Nc1ccc(Cl)c(NC(=O)NCc2ccco2)c1. The number of nitrogens with one attached hydrogen (secondary N) is 3. The minimum Gasteiger partial charge on any atom is -0.467 e. The second-order valence-corrected chi connectivity index (χ2v) is 4.67. The van der Waals surface area contributed by atoms with Crippen LogP contribution in [0.1, 0.15) is 12.7 Å². The molecule has 0 unspecified atom stereocenters. The van der Waals surface area contributed by atoms with Gasteiger partial charge in [0, 0.05) is 12.6 Å². The van der Waals surface area contributed by atoms with Crippen molar-refractivity contribution < 1.29 is 14.0 Å². The van der Waals surface area contributed by atoms with Crippen LogP contribution in [0.15, 0.2) is 41.0 Å². The van der Waals surface area contributed by atoms with Crippen LogP contribution < -0.4 is 16.0 Å². The van der Waals surface area contributed by atoms with Crippen LogP contribution in [0.5, 0.6) is 0 Å². The van der Waals surface area contributed by atoms with Crippen molar-refractivity contribution in [3.63, 3.8) is 0 Å². The number of furan rings is 1. The van der Waals surface area contributed by atoms with Gasteiger partial charge in [-0.15, -0.1) is 0 Å². The van der Waals surface area contributed by atoms with E-state index in [0.29, 0.717) is 22.2 Å². The molecule has 0 aliphatic carbocycles. The van der Waals surface area contributed by atoms with Crippen LogP contribution in [0.3, 0.4) is 0 Å². The summed E-state index contributed by atoms with van der Waals surface area (Å²) in [5.74, 6) is 0.439. The molecule has 2 aromatic rings. The summed E-state index contributed by atoms with van der Waals surface area (Å²) < 4.78 is 5.10. The van der Waals surface area contributed by atoms with Gasteiger partial charge < -0.3 is 20.4 Å². The highest BCUT2D eigenvalue weighted by Crippen LogP contribution is 2.25. The highest BCUT2D eigenvalue weighted by Gasteiger charge is 2.08. The second kappa shape index (κ2) is 6.81. The maximum absolute atomic E-state index is 11.8. The van der Waals surface area contributed by atoms with Crippen LogP contribution in [-0.4, -0.2) is 11.9 Å². The molecule has 0 radical (unpaired) electrons. The Hall–Kier alpha value is -2.47. The summed E-state index contributed by atoms with van der Waals surface area (Å²) in [5.41, 5.74) is 0.952. The van der Waals surface area contributed by atoms with Crippen molar-refractivity contribution in [1.82, 2.24) is 5.32 Å². The first-order valence-corrected chi connectivity index (χ1v) is 6.57. The number of halogens is 1. The van der Waals surface area contributed by atoms with Gasteiger partial charge in [-0.2, -0.15) is 0 Å². The maximum atomic E-state index is 11.8. The minimum absolute atomic E-state index is 0.203. The van der Waals surface area contributed by atoms with Crippen molar-refractivity contribution in [2.45, 2.75) is 13.5 Å². The summed E-state index contributed by atoms with van der Waals surface area (Å²) in [6.07, 6.45) is 1.53. The van der Waals surface area contributed by atoms with Crippen molar-refractivity contribution >= 4 is 34.9 Å². The smallest absolute Gasteiger partial charge is 0.319 e. The Balaban J connectivity index is 1.97. The van der Waals surface area contributed by atoms with E-state index >= 15 is 0 Å². The van der Waals surface area contributed by atoms with Crippen LogP contribution in [0, 0.1) is 0 Å². The fourth-order valence-electron chi connectivity index (χ4n) is 1.65. The number of rotatable bonds is 4. The van der Waals surface area contributed by atoms with Crippen LogP contribution in [0.2, 0.25) is 5.02 Å². The Morgan fingerprint density at radius 2 is 2.05 bits per heavy atom. The molecule has 3 amide bonds. The van der Waals surface area contributed by atoms with Crippen molar-refractivity contribution in [2.24, 2.45) is 0 Å². The Kier molecular flexibility index (Phi) is 4.84. The van der Waals surface area contributed by atoms with Gasteiger partial charge in [0.15, 0.2) is 0 Å². The van der Waals surface area contributed by atoms with Gasteiger partial charge in [-0.05, 0) is 30.3 Å². The second-order valence-electron chi connectivity index (χ2n) is 4.26. The van der Waals surface area contributed by atoms with Crippen molar-refractivity contribution in [2.75, 3.05) is 10.6 Å². The standard InChI is InChI=1S/C14H14ClN3O3/c1-9(19)17-10-4-5-12(15)13(7-10)18-14(20)16-8-11-3-2-6-21-11/h2-7H,8H2,1H3,(H,17,19)(H2,16,18,20). The summed E-state index contributed by atoms with van der Waals surface area (Å²) in [6.45, 7) is 1.67. The lowest BCUT2D eigenvalue weighted by Crippen LogP contribution is -2.28. The first-order chi connectivity index (χ1) is 10.0. The number of urea groups is 1. The highest BCUT2D eigenvalue weighted by molar-refractivity contribution is 6.33. The fourth-order valence-corrected chi connectivity index (χ4v) is 1.81. The summed E-state index contributed by atoms with van der Waals surface area (Å²) in [6, 6.07) is 7.89. The van der Waals surface area contributed by atoms with Crippen LogP contribution >= 0.6 is 11.6 Å². The Bertz CT molecular complexity index is 641. The average Bonchev–Trinajstić information content (AvgIpc) is 2.93. The molecule has 110 valence electrons. The van der Waals surface area contributed by atoms with Crippen molar-refractivity contribution in [3.8, 4) is 0 Å². The fraction of sp³-hybridized carbons (Fsp3) is 0.143. The molecule has 0 spiro atoms. The van der Waals surface area contributed by atoms with Gasteiger partial charge in [0.1, 0.15) is 5.76 Å². The Morgan fingerprint density at radius 3 is 2.71 bits per heavy atom. The molecule has 0 aliphatic heterocycles. The molecule has 0 atom stereocenters. The number of carbonyl (C=O) groups is 2. The lowest BCUT2D eigenvalue weighted by molar-refractivity contribution is -0.114. The van der Waals surface area contributed by atoms with E-state index in [2.05, 4.69) is 16.0 Å². The summed E-state index contributed by atoms with van der Waals surface area (Å²) >= 11 is 6.00. The molecule has 0 bridgehead atoms. The molecule has 7 heteroatoms. The first kappa shape index (κ1) is 14.9. The molecule has 1 aromatic heterocycles. The summed E-state index contributed by atoms with van der Waals surface area (Å²) in [4.78, 5) is 22.8. The van der Waals surface area contributed by atoms with E-state index in [0.717, 1.165) is 0 Å². The Morgan fingerprint density at radius 1 is 1.24 bits per heavy atom. The molecular weight excluding hydrogens is 294 g/mol. The van der Waals surface area contributed by atoms with E-state index in [1.807, 2.05) is 0 Å². The minimum atomic E-state index is -0.423. The lowest BCUT2D eigenvalue weighted by Gasteiger charge is -2.10. The molecule has 1 aromatic carbocycles. The van der Waals surface area contributed by atoms with E-state index in [9.17, 15) is 9.59 Å². The zero-order valence-electron chi connectivity index (χ0n) is 11.3. The van der Waals surface area contributed by atoms with Gasteiger partial charge in [-0.3, -0.25) is 4.79 Å². The third kappa shape index (κ3) is 4.54. The van der Waals surface area contributed by atoms with E-state index in [1.54, 1.807) is 30.3 Å². The average molecular weight is 308 g/mol. The topological polar surface area (TPSA) is 83.4 Å². The molecule has 6 nitrogen and oxygen atoms in total. The summed E-state index contributed by atoms with van der Waals surface area (Å²) in [7, 11) is 0. The highest BCUT2D eigenvalue weighted by atomic mass is 35.5. The molecule has 2 rings (SSSR count). The first-order valence-electron chi connectivity index (χ1n) is 6.19. The molecular formula is C14H14ClN3O3. The van der Waals surface area contributed by atoms with Gasteiger partial charge in [0.25, 0.3) is 0 Å².